The normalized spacial score (nSPS) is 10.7. The minimum atomic E-state index is -0.514. The number of ether oxygens (including phenoxy) is 1. The Labute approximate surface area is 187 Å². The lowest BCUT2D eigenvalue weighted by Gasteiger charge is -2.09. The fourth-order valence-electron chi connectivity index (χ4n) is 3.24. The van der Waals surface area contributed by atoms with Gasteiger partial charge in [0.25, 0.3) is 5.56 Å². The summed E-state index contributed by atoms with van der Waals surface area (Å²) in [4.78, 5) is 42.3. The van der Waals surface area contributed by atoms with Crippen LogP contribution in [0.4, 0.5) is 17.1 Å². The first-order valence-corrected chi connectivity index (χ1v) is 10.6. The van der Waals surface area contributed by atoms with Crippen LogP contribution in [0.5, 0.6) is 0 Å². The first-order valence-electron chi connectivity index (χ1n) is 9.75. The molecule has 0 radical (unpaired) electrons. The Hall–Kier alpha value is -3.98. The van der Waals surface area contributed by atoms with Gasteiger partial charge in [-0.2, -0.15) is 0 Å². The Morgan fingerprint density at radius 3 is 2.38 bits per heavy atom. The number of amides is 1. The Morgan fingerprint density at radius 1 is 1.03 bits per heavy atom. The number of hydrogen-bond acceptors (Lipinski definition) is 7. The standard InChI is InChI=1S/C23H20N4O4S/c1-14-19-21(32-20(14)23(30)31-2)24-13-27(22(19)29)12-18(28)26-17-10-8-16(9-11-17)25-15-6-4-3-5-7-15/h3-11,13,25H,12H2,1-2H3,(H,26,28). The molecule has 2 aromatic heterocycles. The minimum absolute atomic E-state index is 0.200. The first kappa shape index (κ1) is 21.3. The van der Waals surface area contributed by atoms with Gasteiger partial charge in [-0.15, -0.1) is 11.3 Å². The SMILES string of the molecule is COC(=O)c1sc2ncn(CC(=O)Nc3ccc(Nc4ccccc4)cc3)c(=O)c2c1C. The summed E-state index contributed by atoms with van der Waals surface area (Å²) in [5.41, 5.74) is 2.58. The third kappa shape index (κ3) is 4.37. The molecule has 32 heavy (non-hydrogen) atoms. The van der Waals surface area contributed by atoms with Crippen molar-refractivity contribution < 1.29 is 14.3 Å². The van der Waals surface area contributed by atoms with Crippen LogP contribution in [-0.4, -0.2) is 28.5 Å². The van der Waals surface area contributed by atoms with Crippen molar-refractivity contribution in [3.8, 4) is 0 Å². The van der Waals surface area contributed by atoms with E-state index in [2.05, 4.69) is 15.6 Å². The zero-order chi connectivity index (χ0) is 22.7. The largest absolute Gasteiger partial charge is 0.465 e. The summed E-state index contributed by atoms with van der Waals surface area (Å²) in [5, 5.41) is 6.37. The average molecular weight is 449 g/mol. The van der Waals surface area contributed by atoms with E-state index in [1.54, 1.807) is 19.1 Å². The number of aromatic nitrogens is 2. The average Bonchev–Trinajstić information content (AvgIpc) is 3.14. The topological polar surface area (TPSA) is 102 Å². The van der Waals surface area contributed by atoms with Gasteiger partial charge in [-0.1, -0.05) is 18.2 Å². The van der Waals surface area contributed by atoms with Crippen LogP contribution >= 0.6 is 11.3 Å². The van der Waals surface area contributed by atoms with Gasteiger partial charge in [-0.3, -0.25) is 14.2 Å². The fourth-order valence-corrected chi connectivity index (χ4v) is 4.30. The number of nitrogens with zero attached hydrogens (tertiary/aromatic N) is 2. The van der Waals surface area contributed by atoms with Crippen molar-refractivity contribution in [2.75, 3.05) is 17.7 Å². The van der Waals surface area contributed by atoms with Gasteiger partial charge in [0.1, 0.15) is 16.3 Å². The van der Waals surface area contributed by atoms with Gasteiger partial charge in [-0.05, 0) is 48.9 Å². The van der Waals surface area contributed by atoms with Crippen molar-refractivity contribution in [3.05, 3.63) is 81.7 Å². The van der Waals surface area contributed by atoms with E-state index in [4.69, 9.17) is 4.74 Å². The highest BCUT2D eigenvalue weighted by atomic mass is 32.1. The van der Waals surface area contributed by atoms with E-state index in [-0.39, 0.29) is 18.0 Å². The van der Waals surface area contributed by atoms with Crippen LogP contribution in [0, 0.1) is 6.92 Å². The number of hydrogen-bond donors (Lipinski definition) is 2. The molecule has 4 aromatic rings. The summed E-state index contributed by atoms with van der Waals surface area (Å²) in [6.07, 6.45) is 1.31. The highest BCUT2D eigenvalue weighted by molar-refractivity contribution is 7.20. The maximum absolute atomic E-state index is 12.9. The van der Waals surface area contributed by atoms with Crippen LogP contribution in [0.25, 0.3) is 10.2 Å². The Bertz CT molecular complexity index is 1340. The molecule has 4 rings (SSSR count). The molecule has 0 bridgehead atoms. The number of rotatable bonds is 6. The lowest BCUT2D eigenvalue weighted by Crippen LogP contribution is -2.27. The Kier molecular flexibility index (Phi) is 6.00. The third-order valence-corrected chi connectivity index (χ3v) is 6.01. The molecule has 0 atom stereocenters. The molecule has 1 amide bonds. The van der Waals surface area contributed by atoms with E-state index in [1.165, 1.54) is 18.0 Å². The van der Waals surface area contributed by atoms with E-state index in [9.17, 15) is 14.4 Å². The second-order valence-corrected chi connectivity index (χ2v) is 8.02. The van der Waals surface area contributed by atoms with E-state index in [0.717, 1.165) is 22.7 Å². The van der Waals surface area contributed by atoms with Gasteiger partial charge in [0, 0.05) is 17.1 Å². The quantitative estimate of drug-likeness (QED) is 0.433. The number of benzene rings is 2. The zero-order valence-electron chi connectivity index (χ0n) is 17.4. The summed E-state index contributed by atoms with van der Waals surface area (Å²) in [5.74, 6) is -0.877. The maximum atomic E-state index is 12.9. The molecule has 8 nitrogen and oxygen atoms in total. The van der Waals surface area contributed by atoms with Crippen LogP contribution in [0.3, 0.4) is 0 Å². The number of para-hydroxylation sites is 1. The molecule has 0 aliphatic heterocycles. The molecule has 162 valence electrons. The fraction of sp³-hybridized carbons (Fsp3) is 0.130. The predicted octanol–water partition coefficient (Wildman–Crippen LogP) is 3.94. The zero-order valence-corrected chi connectivity index (χ0v) is 18.2. The third-order valence-electron chi connectivity index (χ3n) is 4.83. The molecule has 0 saturated carbocycles. The van der Waals surface area contributed by atoms with Crippen LogP contribution < -0.4 is 16.2 Å². The number of carbonyl (C=O) groups is 2. The van der Waals surface area contributed by atoms with Crippen LogP contribution in [0.1, 0.15) is 15.2 Å². The molecule has 0 aliphatic rings. The molecule has 2 heterocycles. The maximum Gasteiger partial charge on any atom is 0.348 e. The second-order valence-electron chi connectivity index (χ2n) is 7.02. The van der Waals surface area contributed by atoms with Gasteiger partial charge >= 0.3 is 5.97 Å². The summed E-state index contributed by atoms with van der Waals surface area (Å²) in [6.45, 7) is 1.47. The number of esters is 1. The van der Waals surface area contributed by atoms with Crippen molar-refractivity contribution in [1.82, 2.24) is 9.55 Å². The first-order chi connectivity index (χ1) is 15.5. The molecular weight excluding hydrogens is 428 g/mol. The highest BCUT2D eigenvalue weighted by Crippen LogP contribution is 2.27. The Morgan fingerprint density at radius 2 is 1.69 bits per heavy atom. The summed E-state index contributed by atoms with van der Waals surface area (Å²) in [7, 11) is 1.28. The van der Waals surface area contributed by atoms with Crippen LogP contribution in [-0.2, 0) is 16.1 Å². The van der Waals surface area contributed by atoms with Crippen molar-refractivity contribution in [2.24, 2.45) is 0 Å². The van der Waals surface area contributed by atoms with Crippen LogP contribution in [0.15, 0.2) is 65.7 Å². The molecule has 0 fully saturated rings. The van der Waals surface area contributed by atoms with E-state index in [0.29, 0.717) is 26.3 Å². The number of anilines is 3. The van der Waals surface area contributed by atoms with E-state index >= 15 is 0 Å². The number of carbonyl (C=O) groups excluding carboxylic acids is 2. The number of nitrogens with one attached hydrogen (secondary N) is 2. The van der Waals surface area contributed by atoms with Gasteiger partial charge in [0.2, 0.25) is 5.91 Å². The predicted molar refractivity (Wildman–Crippen MR) is 125 cm³/mol. The summed E-state index contributed by atoms with van der Waals surface area (Å²) < 4.78 is 5.98. The number of thiophene rings is 1. The van der Waals surface area contributed by atoms with Gasteiger partial charge in [0.15, 0.2) is 0 Å². The number of fused-ring (bicyclic) bond motifs is 1. The van der Waals surface area contributed by atoms with Gasteiger partial charge < -0.3 is 15.4 Å². The minimum Gasteiger partial charge on any atom is -0.465 e. The second kappa shape index (κ2) is 9.03. The highest BCUT2D eigenvalue weighted by Gasteiger charge is 2.20. The summed E-state index contributed by atoms with van der Waals surface area (Å²) >= 11 is 1.10. The van der Waals surface area contributed by atoms with Crippen molar-refractivity contribution in [2.45, 2.75) is 13.5 Å². The molecule has 0 aliphatic carbocycles. The molecule has 0 saturated heterocycles. The molecule has 2 N–H and O–H groups in total. The van der Waals surface area contributed by atoms with Crippen LogP contribution in [0.2, 0.25) is 0 Å². The molecule has 0 spiro atoms. The summed E-state index contributed by atoms with van der Waals surface area (Å²) in [6, 6.07) is 17.0. The smallest absolute Gasteiger partial charge is 0.348 e. The molecule has 0 unspecified atom stereocenters. The lowest BCUT2D eigenvalue weighted by molar-refractivity contribution is -0.116. The number of aryl methyl sites for hydroxylation is 1. The van der Waals surface area contributed by atoms with E-state index < -0.39 is 5.97 Å². The molecule has 9 heteroatoms. The molecular formula is C23H20N4O4S. The number of methoxy groups -OCH3 is 1. The van der Waals surface area contributed by atoms with Gasteiger partial charge in [0.05, 0.1) is 18.8 Å². The van der Waals surface area contributed by atoms with E-state index in [1.807, 2.05) is 42.5 Å². The monoisotopic (exact) mass is 448 g/mol. The van der Waals surface area contributed by atoms with Crippen molar-refractivity contribution in [1.29, 1.82) is 0 Å². The van der Waals surface area contributed by atoms with Crippen molar-refractivity contribution in [3.63, 3.8) is 0 Å². The lowest BCUT2D eigenvalue weighted by atomic mass is 10.2. The molecule has 2 aromatic carbocycles. The Balaban J connectivity index is 1.47. The van der Waals surface area contributed by atoms with Crippen molar-refractivity contribution >= 4 is 50.5 Å². The van der Waals surface area contributed by atoms with Gasteiger partial charge in [-0.25, -0.2) is 9.78 Å².